The molecule has 2 heterocycles. The van der Waals surface area contributed by atoms with E-state index in [1.807, 2.05) is 0 Å². The topological polar surface area (TPSA) is 50.3 Å². The number of allylic oxidation sites excluding steroid dienone is 1. The molecule has 1 atom stereocenters. The molecule has 4 nitrogen and oxygen atoms in total. The summed E-state index contributed by atoms with van der Waals surface area (Å²) in [6.07, 6.45) is 7.75. The predicted octanol–water partition coefficient (Wildman–Crippen LogP) is 4.79. The van der Waals surface area contributed by atoms with E-state index < -0.39 is 0 Å². The number of benzene rings is 1. The quantitative estimate of drug-likeness (QED) is 0.515. The molecule has 0 aliphatic heterocycles. The zero-order chi connectivity index (χ0) is 18.3. The average molecular weight is 375 g/mol. The highest BCUT2D eigenvalue weighted by molar-refractivity contribution is 7.10. The number of aromatic nitrogens is 2. The smallest absolute Gasteiger partial charge is 0.117 e. The molecule has 0 saturated heterocycles. The molecule has 1 aromatic carbocycles. The summed E-state index contributed by atoms with van der Waals surface area (Å²) in [5.74, 6) is 0.476. The van der Waals surface area contributed by atoms with Crippen LogP contribution in [-0.2, 0) is 16.7 Å². The van der Waals surface area contributed by atoms with Gasteiger partial charge in [-0.05, 0) is 29.9 Å². The van der Waals surface area contributed by atoms with Gasteiger partial charge in [-0.25, -0.2) is 0 Å². The van der Waals surface area contributed by atoms with Crippen LogP contribution in [0.1, 0.15) is 40.2 Å². The van der Waals surface area contributed by atoms with Crippen molar-refractivity contribution in [3.8, 4) is 0 Å². The average Bonchev–Trinajstić information content (AvgIpc) is 3.24. The first kappa shape index (κ1) is 16.5. The van der Waals surface area contributed by atoms with Crippen LogP contribution in [0.25, 0.3) is 6.08 Å². The Kier molecular flexibility index (Phi) is 3.97. The van der Waals surface area contributed by atoms with E-state index in [1.165, 1.54) is 10.4 Å². The molecule has 3 aromatic rings. The zero-order valence-corrected chi connectivity index (χ0v) is 16.0. The molecule has 5 rings (SSSR count). The van der Waals surface area contributed by atoms with Crippen LogP contribution in [0.5, 0.6) is 0 Å². The van der Waals surface area contributed by atoms with E-state index in [-0.39, 0.29) is 5.41 Å². The summed E-state index contributed by atoms with van der Waals surface area (Å²) in [7, 11) is 1.61. The summed E-state index contributed by atoms with van der Waals surface area (Å²) in [6, 6.07) is 15.1. The highest BCUT2D eigenvalue weighted by Crippen LogP contribution is 2.44. The fourth-order valence-electron chi connectivity index (χ4n) is 4.00. The third-order valence-corrected chi connectivity index (χ3v) is 6.57. The molecule has 0 amide bonds. The molecule has 0 radical (unpaired) electrons. The first-order valence-electron chi connectivity index (χ1n) is 9.29. The lowest BCUT2D eigenvalue weighted by atomic mass is 9.72. The minimum Gasteiger partial charge on any atom is -0.399 e. The molecule has 5 heteroatoms. The number of H-pyrrole nitrogens is 1. The van der Waals surface area contributed by atoms with E-state index in [4.69, 9.17) is 4.84 Å². The standard InChI is InChI=1S/C22H21N3OS/c1-26-25-20(15-9-10-15)21-17-11-12-22(14-18(17)23-24-21,19-8-5-13-27-19)16-6-3-2-4-7-16/h2-8,11-13,15H,9-10,14H2,1H3,(H,23,24)/b25-20+. The van der Waals surface area contributed by atoms with Crippen LogP contribution in [0, 0.1) is 5.92 Å². The number of nitrogens with zero attached hydrogens (tertiary/aromatic N) is 2. The van der Waals surface area contributed by atoms with Gasteiger partial charge in [0.15, 0.2) is 0 Å². The van der Waals surface area contributed by atoms with Crippen LogP contribution in [-0.4, -0.2) is 23.0 Å². The molecule has 27 heavy (non-hydrogen) atoms. The van der Waals surface area contributed by atoms with Crippen LogP contribution in [0.3, 0.4) is 0 Å². The second-order valence-electron chi connectivity index (χ2n) is 7.22. The molecule has 1 unspecified atom stereocenters. The molecule has 2 aromatic heterocycles. The van der Waals surface area contributed by atoms with E-state index in [1.54, 1.807) is 18.4 Å². The Balaban J connectivity index is 1.61. The third kappa shape index (κ3) is 2.73. The van der Waals surface area contributed by atoms with Crippen molar-refractivity contribution < 1.29 is 4.84 Å². The van der Waals surface area contributed by atoms with Crippen molar-refractivity contribution in [2.75, 3.05) is 7.11 Å². The Morgan fingerprint density at radius 2 is 2.07 bits per heavy atom. The van der Waals surface area contributed by atoms with Crippen molar-refractivity contribution in [2.24, 2.45) is 11.1 Å². The zero-order valence-electron chi connectivity index (χ0n) is 15.2. The van der Waals surface area contributed by atoms with Gasteiger partial charge in [0.2, 0.25) is 0 Å². The van der Waals surface area contributed by atoms with Gasteiger partial charge in [-0.1, -0.05) is 53.7 Å². The van der Waals surface area contributed by atoms with Gasteiger partial charge in [0.25, 0.3) is 0 Å². The molecular formula is C22H21N3OS. The van der Waals surface area contributed by atoms with Gasteiger partial charge in [-0.3, -0.25) is 5.10 Å². The van der Waals surface area contributed by atoms with E-state index in [0.717, 1.165) is 41.9 Å². The van der Waals surface area contributed by atoms with Crippen molar-refractivity contribution in [1.82, 2.24) is 10.2 Å². The van der Waals surface area contributed by atoms with E-state index in [0.29, 0.717) is 5.92 Å². The van der Waals surface area contributed by atoms with Crippen LogP contribution in [0.15, 0.2) is 59.1 Å². The maximum absolute atomic E-state index is 5.10. The monoisotopic (exact) mass is 375 g/mol. The molecule has 0 bridgehead atoms. The number of hydrogen-bond donors (Lipinski definition) is 1. The molecule has 1 fully saturated rings. The van der Waals surface area contributed by atoms with Crippen LogP contribution >= 0.6 is 11.3 Å². The molecule has 0 spiro atoms. The Morgan fingerprint density at radius 1 is 1.22 bits per heavy atom. The van der Waals surface area contributed by atoms with Gasteiger partial charge in [0, 0.05) is 28.5 Å². The maximum atomic E-state index is 5.10. The lowest BCUT2D eigenvalue weighted by molar-refractivity contribution is 0.212. The van der Waals surface area contributed by atoms with Crippen LogP contribution in [0.4, 0.5) is 0 Å². The summed E-state index contributed by atoms with van der Waals surface area (Å²) in [5.41, 5.74) is 5.37. The second-order valence-corrected chi connectivity index (χ2v) is 8.17. The van der Waals surface area contributed by atoms with Gasteiger partial charge in [-0.2, -0.15) is 5.10 Å². The number of fused-ring (bicyclic) bond motifs is 1. The molecule has 2 aliphatic carbocycles. The van der Waals surface area contributed by atoms with Crippen molar-refractivity contribution in [2.45, 2.75) is 24.7 Å². The summed E-state index contributed by atoms with van der Waals surface area (Å²) in [5, 5.41) is 14.4. The number of rotatable bonds is 5. The van der Waals surface area contributed by atoms with Crippen molar-refractivity contribution >= 4 is 23.1 Å². The minimum absolute atomic E-state index is 0.162. The maximum Gasteiger partial charge on any atom is 0.117 e. The fourth-order valence-corrected chi connectivity index (χ4v) is 4.93. The van der Waals surface area contributed by atoms with Crippen LogP contribution in [0.2, 0.25) is 0 Å². The number of thiophene rings is 1. The molecular weight excluding hydrogens is 354 g/mol. The third-order valence-electron chi connectivity index (χ3n) is 5.52. The molecule has 136 valence electrons. The van der Waals surface area contributed by atoms with Crippen LogP contribution < -0.4 is 0 Å². The van der Waals surface area contributed by atoms with Gasteiger partial charge in [0.1, 0.15) is 18.5 Å². The number of aromatic amines is 1. The summed E-state index contributed by atoms with van der Waals surface area (Å²) in [4.78, 5) is 6.45. The van der Waals surface area contributed by atoms with Gasteiger partial charge in [-0.15, -0.1) is 11.3 Å². The number of nitrogens with one attached hydrogen (secondary N) is 1. The second kappa shape index (κ2) is 6.50. The lowest BCUT2D eigenvalue weighted by Gasteiger charge is -2.33. The van der Waals surface area contributed by atoms with E-state index in [2.05, 4.69) is 75.3 Å². The van der Waals surface area contributed by atoms with Gasteiger partial charge < -0.3 is 4.84 Å². The van der Waals surface area contributed by atoms with Crippen molar-refractivity contribution in [1.29, 1.82) is 0 Å². The first-order valence-corrected chi connectivity index (χ1v) is 10.2. The first-order chi connectivity index (χ1) is 13.3. The number of oxime groups is 1. The number of hydrogen-bond acceptors (Lipinski definition) is 4. The van der Waals surface area contributed by atoms with Gasteiger partial charge in [0.05, 0.1) is 5.41 Å². The normalized spacial score (nSPS) is 21.9. The Labute approximate surface area is 162 Å². The summed E-state index contributed by atoms with van der Waals surface area (Å²) < 4.78 is 0. The van der Waals surface area contributed by atoms with E-state index >= 15 is 0 Å². The van der Waals surface area contributed by atoms with Gasteiger partial charge >= 0.3 is 0 Å². The van der Waals surface area contributed by atoms with E-state index in [9.17, 15) is 0 Å². The van der Waals surface area contributed by atoms with Crippen molar-refractivity contribution in [3.63, 3.8) is 0 Å². The molecule has 1 saturated carbocycles. The Hall–Kier alpha value is -2.66. The van der Waals surface area contributed by atoms with Crippen molar-refractivity contribution in [3.05, 3.63) is 81.3 Å². The highest BCUT2D eigenvalue weighted by atomic mass is 32.1. The highest BCUT2D eigenvalue weighted by Gasteiger charge is 2.39. The summed E-state index contributed by atoms with van der Waals surface area (Å²) in [6.45, 7) is 0. The lowest BCUT2D eigenvalue weighted by Crippen LogP contribution is -2.29. The largest absolute Gasteiger partial charge is 0.399 e. The predicted molar refractivity (Wildman–Crippen MR) is 109 cm³/mol. The minimum atomic E-state index is -0.162. The fraction of sp³-hybridized carbons (Fsp3) is 0.273. The SMILES string of the molecule is CO/N=C(/c1n[nH]c2c1C=CC(c1ccccc1)(c1cccs1)C2)C1CC1. The Bertz CT molecular complexity index is 1000. The Morgan fingerprint density at radius 3 is 2.78 bits per heavy atom. The molecule has 2 aliphatic rings. The summed E-state index contributed by atoms with van der Waals surface area (Å²) >= 11 is 1.80. The molecule has 1 N–H and O–H groups in total.